The highest BCUT2D eigenvalue weighted by atomic mass is 16.6. The van der Waals surface area contributed by atoms with Gasteiger partial charge in [-0.25, -0.2) is 0 Å². The number of hydrogen-bond acceptors (Lipinski definition) is 6. The molecule has 0 saturated carbocycles. The number of rotatable bonds is 61. The van der Waals surface area contributed by atoms with E-state index in [4.69, 9.17) is 14.2 Å². The van der Waals surface area contributed by atoms with Crippen molar-refractivity contribution >= 4 is 17.9 Å². The Balaban J connectivity index is 4.36. The predicted molar refractivity (Wildman–Crippen MR) is 339 cm³/mol. The van der Waals surface area contributed by atoms with Crippen molar-refractivity contribution < 1.29 is 28.6 Å². The summed E-state index contributed by atoms with van der Waals surface area (Å²) in [6.07, 6.45) is 87.6. The first-order valence-electron chi connectivity index (χ1n) is 33.6. The quantitative estimate of drug-likeness (QED) is 0.0261. The Bertz CT molecular complexity index is 1480. The van der Waals surface area contributed by atoms with Crippen molar-refractivity contribution in [1.82, 2.24) is 0 Å². The zero-order chi connectivity index (χ0) is 56.4. The summed E-state index contributed by atoms with van der Waals surface area (Å²) in [7, 11) is 0. The van der Waals surface area contributed by atoms with Gasteiger partial charge in [0.2, 0.25) is 0 Å². The lowest BCUT2D eigenvalue weighted by atomic mass is 10.0. The monoisotopic (exact) mass is 1090 g/mol. The third-order valence-corrected chi connectivity index (χ3v) is 14.6. The first kappa shape index (κ1) is 74.6. The number of hydrogen-bond donors (Lipinski definition) is 0. The average molecular weight is 1090 g/mol. The molecule has 0 N–H and O–H groups in total. The highest BCUT2D eigenvalue weighted by Crippen LogP contribution is 2.17. The molecule has 0 aromatic heterocycles. The molecule has 0 fully saturated rings. The minimum absolute atomic E-state index is 0.107. The third kappa shape index (κ3) is 63.4. The zero-order valence-corrected chi connectivity index (χ0v) is 51.7. The fraction of sp³-hybridized carbons (Fsp3) is 0.764. The number of allylic oxidation sites excluding steroid dienone is 14. The van der Waals surface area contributed by atoms with Crippen LogP contribution in [-0.2, 0) is 28.6 Å². The summed E-state index contributed by atoms with van der Waals surface area (Å²) in [5.74, 6) is -0.985. The fourth-order valence-corrected chi connectivity index (χ4v) is 9.64. The number of esters is 3. The van der Waals surface area contributed by atoms with Gasteiger partial charge in [-0.3, -0.25) is 14.4 Å². The minimum atomic E-state index is -0.821. The van der Waals surface area contributed by atoms with Crippen LogP contribution in [0.4, 0.5) is 0 Å². The Labute approximate surface area is 484 Å². The molecule has 6 nitrogen and oxygen atoms in total. The number of ether oxygens (including phenoxy) is 3. The van der Waals surface area contributed by atoms with E-state index in [1.54, 1.807) is 0 Å². The van der Waals surface area contributed by atoms with Crippen LogP contribution in [0.25, 0.3) is 0 Å². The van der Waals surface area contributed by atoms with Crippen molar-refractivity contribution in [1.29, 1.82) is 0 Å². The van der Waals surface area contributed by atoms with Crippen LogP contribution in [0.5, 0.6) is 0 Å². The second kappa shape index (κ2) is 66.1. The highest BCUT2D eigenvalue weighted by Gasteiger charge is 2.19. The normalized spacial score (nSPS) is 12.6. The Morgan fingerprint density at radius 1 is 0.269 bits per heavy atom. The molecule has 0 bridgehead atoms. The van der Waals surface area contributed by atoms with Crippen molar-refractivity contribution in [3.63, 3.8) is 0 Å². The molecule has 1 atom stereocenters. The molecule has 0 radical (unpaired) electrons. The van der Waals surface area contributed by atoms with Gasteiger partial charge in [-0.2, -0.15) is 0 Å². The van der Waals surface area contributed by atoms with E-state index in [2.05, 4.69) is 99.8 Å². The number of carbonyl (C=O) groups is 3. The Morgan fingerprint density at radius 3 is 0.833 bits per heavy atom. The van der Waals surface area contributed by atoms with Crippen LogP contribution in [-0.4, -0.2) is 37.2 Å². The Hall–Kier alpha value is -3.41. The Morgan fingerprint density at radius 2 is 0.526 bits per heavy atom. The van der Waals surface area contributed by atoms with Crippen LogP contribution < -0.4 is 0 Å². The van der Waals surface area contributed by atoms with Crippen LogP contribution in [0.2, 0.25) is 0 Å². The smallest absolute Gasteiger partial charge is 0.306 e. The molecule has 6 heteroatoms. The molecule has 0 heterocycles. The molecule has 0 aromatic rings. The van der Waals surface area contributed by atoms with Crippen LogP contribution in [0, 0.1) is 0 Å². The molecule has 0 amide bonds. The van der Waals surface area contributed by atoms with Gasteiger partial charge in [0, 0.05) is 19.3 Å². The maximum atomic E-state index is 12.9. The molecule has 450 valence electrons. The molecule has 0 aliphatic heterocycles. The van der Waals surface area contributed by atoms with Gasteiger partial charge in [0.15, 0.2) is 6.10 Å². The van der Waals surface area contributed by atoms with Crippen LogP contribution >= 0.6 is 0 Å². The summed E-state index contributed by atoms with van der Waals surface area (Å²) in [6.45, 7) is 6.50. The van der Waals surface area contributed by atoms with Crippen molar-refractivity contribution in [2.45, 2.75) is 341 Å². The van der Waals surface area contributed by atoms with E-state index in [1.807, 2.05) is 6.08 Å². The average Bonchev–Trinajstić information content (AvgIpc) is 3.44. The molecule has 0 aromatic carbocycles. The fourth-order valence-electron chi connectivity index (χ4n) is 9.64. The van der Waals surface area contributed by atoms with E-state index in [0.717, 1.165) is 89.9 Å². The second-order valence-corrected chi connectivity index (χ2v) is 22.4. The summed E-state index contributed by atoms with van der Waals surface area (Å²) in [5, 5.41) is 0. The maximum absolute atomic E-state index is 12.9. The van der Waals surface area contributed by atoms with Crippen LogP contribution in [0.15, 0.2) is 85.1 Å². The first-order valence-corrected chi connectivity index (χ1v) is 33.6. The van der Waals surface area contributed by atoms with Gasteiger partial charge in [0.1, 0.15) is 13.2 Å². The molecule has 0 spiro atoms. The van der Waals surface area contributed by atoms with Gasteiger partial charge in [-0.05, 0) is 83.5 Å². The van der Waals surface area contributed by atoms with Crippen LogP contribution in [0.1, 0.15) is 335 Å². The van der Waals surface area contributed by atoms with E-state index in [1.165, 1.54) is 199 Å². The predicted octanol–water partition coefficient (Wildman–Crippen LogP) is 23.1. The summed E-state index contributed by atoms with van der Waals surface area (Å²) in [5.41, 5.74) is 0. The number of carbonyl (C=O) groups excluding carboxylic acids is 3. The summed E-state index contributed by atoms with van der Waals surface area (Å²) in [4.78, 5) is 38.3. The lowest BCUT2D eigenvalue weighted by Crippen LogP contribution is -2.30. The van der Waals surface area contributed by atoms with Crippen molar-refractivity contribution in [3.05, 3.63) is 85.1 Å². The van der Waals surface area contributed by atoms with E-state index in [9.17, 15) is 14.4 Å². The lowest BCUT2D eigenvalue weighted by molar-refractivity contribution is -0.166. The standard InChI is InChI=1S/C72H126O6/c1-4-7-10-13-16-19-22-25-28-30-32-33-34-35-36-37-38-40-41-44-47-50-53-56-59-62-65-71(74)77-68-69(67-76-70(73)64-61-58-55-52-49-46-43-27-24-21-18-15-12-9-6-3)78-72(75)66-63-60-57-54-51-48-45-42-39-31-29-26-23-20-17-14-11-8-5-2/h8,11,17,20,26-27,29,39,42-43,48,51,57,60,69H,4-7,9-10,12-16,18-19,21-25,28,30-38,40-41,44-47,49-50,52-56,58-59,61-68H2,1-3H3/b11-8-,20-17-,29-26-,42-39-,43-27-,51-48-,60-57-. The topological polar surface area (TPSA) is 78.9 Å². The molecular weight excluding hydrogens is 961 g/mol. The van der Waals surface area contributed by atoms with Gasteiger partial charge in [0.05, 0.1) is 0 Å². The molecule has 78 heavy (non-hydrogen) atoms. The van der Waals surface area contributed by atoms with Crippen molar-refractivity contribution in [2.24, 2.45) is 0 Å². The highest BCUT2D eigenvalue weighted by molar-refractivity contribution is 5.71. The third-order valence-electron chi connectivity index (χ3n) is 14.6. The molecule has 1 unspecified atom stereocenters. The second-order valence-electron chi connectivity index (χ2n) is 22.4. The van der Waals surface area contributed by atoms with Gasteiger partial charge >= 0.3 is 17.9 Å². The molecule has 0 aliphatic carbocycles. The minimum Gasteiger partial charge on any atom is -0.462 e. The largest absolute Gasteiger partial charge is 0.462 e. The van der Waals surface area contributed by atoms with Gasteiger partial charge in [-0.15, -0.1) is 0 Å². The van der Waals surface area contributed by atoms with Gasteiger partial charge in [0.25, 0.3) is 0 Å². The molecule has 0 aliphatic rings. The zero-order valence-electron chi connectivity index (χ0n) is 51.7. The van der Waals surface area contributed by atoms with Gasteiger partial charge in [-0.1, -0.05) is 318 Å². The van der Waals surface area contributed by atoms with Crippen molar-refractivity contribution in [3.8, 4) is 0 Å². The summed E-state index contributed by atoms with van der Waals surface area (Å²) in [6, 6.07) is 0. The van der Waals surface area contributed by atoms with E-state index in [0.29, 0.717) is 19.3 Å². The molecular formula is C72H126O6. The maximum Gasteiger partial charge on any atom is 0.306 e. The van der Waals surface area contributed by atoms with E-state index in [-0.39, 0.29) is 37.5 Å². The van der Waals surface area contributed by atoms with Gasteiger partial charge < -0.3 is 14.2 Å². The summed E-state index contributed by atoms with van der Waals surface area (Å²) >= 11 is 0. The van der Waals surface area contributed by atoms with Crippen LogP contribution in [0.3, 0.4) is 0 Å². The Kier molecular flexibility index (Phi) is 63.2. The van der Waals surface area contributed by atoms with E-state index >= 15 is 0 Å². The molecule has 0 rings (SSSR count). The summed E-state index contributed by atoms with van der Waals surface area (Å²) < 4.78 is 16.9. The number of unbranched alkanes of at least 4 members (excludes halogenated alkanes) is 36. The SMILES string of the molecule is CC/C=C\C/C=C\C/C=C\C/C=C\C/C=C\C/C=C\CCC(=O)OC(COC(=O)CCCCCCC/C=C\CCCCCCCC)COC(=O)CCCCCCCCCCCCCCCCCCCCCCCCCCCC. The molecule has 0 saturated heterocycles. The van der Waals surface area contributed by atoms with Crippen molar-refractivity contribution in [2.75, 3.05) is 13.2 Å². The van der Waals surface area contributed by atoms with E-state index < -0.39 is 6.10 Å². The lowest BCUT2D eigenvalue weighted by Gasteiger charge is -2.18. The first-order chi connectivity index (χ1) is 38.5.